The molecular weight excluding hydrogens is 286 g/mol. The zero-order valence-electron chi connectivity index (χ0n) is 12.2. The van der Waals surface area contributed by atoms with E-state index in [0.717, 1.165) is 17.7 Å². The average molecular weight is 305 g/mol. The van der Waals surface area contributed by atoms with Crippen molar-refractivity contribution in [3.05, 3.63) is 29.8 Å². The predicted molar refractivity (Wildman–Crippen MR) is 77.9 cm³/mol. The summed E-state index contributed by atoms with van der Waals surface area (Å²) < 4.78 is 10.8. The van der Waals surface area contributed by atoms with E-state index in [1.807, 2.05) is 24.3 Å². The van der Waals surface area contributed by atoms with Gasteiger partial charge in [0.25, 0.3) is 0 Å². The van der Waals surface area contributed by atoms with Crippen molar-refractivity contribution in [2.75, 3.05) is 26.3 Å². The Morgan fingerprint density at radius 1 is 1.27 bits per heavy atom. The summed E-state index contributed by atoms with van der Waals surface area (Å²) in [5.41, 5.74) is 1.06. The molecule has 0 saturated carbocycles. The smallest absolute Gasteiger partial charge is 0.334 e. The summed E-state index contributed by atoms with van der Waals surface area (Å²) in [7, 11) is 0. The summed E-state index contributed by atoms with van der Waals surface area (Å²) >= 11 is 0. The Morgan fingerprint density at radius 2 is 2.09 bits per heavy atom. The minimum absolute atomic E-state index is 0.0174. The quantitative estimate of drug-likeness (QED) is 0.909. The van der Waals surface area contributed by atoms with E-state index in [4.69, 9.17) is 14.6 Å². The van der Waals surface area contributed by atoms with Crippen molar-refractivity contribution in [2.45, 2.75) is 24.9 Å². The molecule has 0 aromatic heterocycles. The van der Waals surface area contributed by atoms with E-state index >= 15 is 0 Å². The van der Waals surface area contributed by atoms with Crippen molar-refractivity contribution >= 4 is 11.9 Å². The van der Waals surface area contributed by atoms with Crippen molar-refractivity contribution < 1.29 is 24.2 Å². The summed E-state index contributed by atoms with van der Waals surface area (Å²) in [5.74, 6) is -0.0642. The number of amides is 1. The monoisotopic (exact) mass is 305 g/mol. The highest BCUT2D eigenvalue weighted by atomic mass is 16.5. The number of para-hydroxylation sites is 1. The first kappa shape index (κ1) is 14.8. The van der Waals surface area contributed by atoms with Crippen molar-refractivity contribution in [1.29, 1.82) is 0 Å². The van der Waals surface area contributed by atoms with Gasteiger partial charge in [-0.3, -0.25) is 4.79 Å². The predicted octanol–water partition coefficient (Wildman–Crippen LogP) is 1.25. The summed E-state index contributed by atoms with van der Waals surface area (Å²) in [6, 6.07) is 7.77. The second-order valence-corrected chi connectivity index (χ2v) is 5.61. The lowest BCUT2D eigenvalue weighted by molar-refractivity contribution is -0.159. The maximum absolute atomic E-state index is 12.5. The maximum atomic E-state index is 12.5. The normalized spacial score (nSPS) is 24.3. The van der Waals surface area contributed by atoms with Gasteiger partial charge in [-0.25, -0.2) is 4.79 Å². The van der Waals surface area contributed by atoms with E-state index in [1.165, 1.54) is 0 Å². The Morgan fingerprint density at radius 3 is 2.91 bits per heavy atom. The Labute approximate surface area is 128 Å². The van der Waals surface area contributed by atoms with Gasteiger partial charge >= 0.3 is 5.97 Å². The van der Waals surface area contributed by atoms with Gasteiger partial charge in [-0.1, -0.05) is 18.2 Å². The largest absolute Gasteiger partial charge is 0.493 e. The molecule has 2 aliphatic heterocycles. The molecule has 2 heterocycles. The summed E-state index contributed by atoms with van der Waals surface area (Å²) in [6.45, 7) is 1.45. The number of ether oxygens (including phenoxy) is 2. The molecule has 0 aliphatic carbocycles. The van der Waals surface area contributed by atoms with Crippen LogP contribution in [0.4, 0.5) is 0 Å². The third-order valence-corrected chi connectivity index (χ3v) is 4.20. The number of hydrogen-bond donors (Lipinski definition) is 1. The zero-order chi connectivity index (χ0) is 15.5. The van der Waals surface area contributed by atoms with Gasteiger partial charge in [-0.2, -0.15) is 0 Å². The Hall–Kier alpha value is -2.08. The minimum atomic E-state index is -1.02. The van der Waals surface area contributed by atoms with Crippen LogP contribution in [0.1, 0.15) is 24.3 Å². The van der Waals surface area contributed by atoms with Crippen LogP contribution in [0.3, 0.4) is 0 Å². The van der Waals surface area contributed by atoms with Gasteiger partial charge in [0.1, 0.15) is 5.75 Å². The molecule has 6 nitrogen and oxygen atoms in total. The maximum Gasteiger partial charge on any atom is 0.334 e. The SMILES string of the molecule is O=C(O)[C@@H]1CN(C(=O)C[C@@H]2CCOc3ccccc32)CCO1. The minimum Gasteiger partial charge on any atom is -0.493 e. The molecule has 0 unspecified atom stereocenters. The van der Waals surface area contributed by atoms with Gasteiger partial charge in [-0.15, -0.1) is 0 Å². The van der Waals surface area contributed by atoms with Crippen LogP contribution in [0.5, 0.6) is 5.75 Å². The Balaban J connectivity index is 1.66. The third-order valence-electron chi connectivity index (χ3n) is 4.20. The van der Waals surface area contributed by atoms with Crippen LogP contribution in [0.15, 0.2) is 24.3 Å². The number of aliphatic carboxylic acids is 1. The van der Waals surface area contributed by atoms with E-state index in [1.54, 1.807) is 4.90 Å². The van der Waals surface area contributed by atoms with Gasteiger partial charge < -0.3 is 19.5 Å². The summed E-state index contributed by atoms with van der Waals surface area (Å²) in [5, 5.41) is 9.01. The molecule has 2 aliphatic rings. The van der Waals surface area contributed by atoms with Gasteiger partial charge in [0.15, 0.2) is 6.10 Å². The Bertz CT molecular complexity index is 573. The van der Waals surface area contributed by atoms with E-state index in [9.17, 15) is 9.59 Å². The van der Waals surface area contributed by atoms with E-state index < -0.39 is 12.1 Å². The topological polar surface area (TPSA) is 76.1 Å². The molecule has 118 valence electrons. The van der Waals surface area contributed by atoms with Gasteiger partial charge in [0.05, 0.1) is 19.8 Å². The number of fused-ring (bicyclic) bond motifs is 1. The number of carbonyl (C=O) groups excluding carboxylic acids is 1. The van der Waals surface area contributed by atoms with Crippen molar-refractivity contribution in [3.63, 3.8) is 0 Å². The number of nitrogens with zero attached hydrogens (tertiary/aromatic N) is 1. The van der Waals surface area contributed by atoms with Gasteiger partial charge in [0, 0.05) is 13.0 Å². The van der Waals surface area contributed by atoms with Crippen LogP contribution in [-0.4, -0.2) is 54.3 Å². The second kappa shape index (κ2) is 6.36. The fourth-order valence-corrected chi connectivity index (χ4v) is 2.99. The number of benzene rings is 1. The highest BCUT2D eigenvalue weighted by Crippen LogP contribution is 2.35. The molecular formula is C16H19NO5. The fraction of sp³-hybridized carbons (Fsp3) is 0.500. The first-order valence-electron chi connectivity index (χ1n) is 7.49. The molecule has 1 fully saturated rings. The van der Waals surface area contributed by atoms with E-state index in [0.29, 0.717) is 19.6 Å². The molecule has 0 bridgehead atoms. The summed E-state index contributed by atoms with van der Waals surface area (Å²) in [6.07, 6.45) is 0.266. The third kappa shape index (κ3) is 3.06. The van der Waals surface area contributed by atoms with E-state index in [-0.39, 0.29) is 25.0 Å². The standard InChI is InChI=1S/C16H19NO5/c18-15(17-6-8-22-14(10-17)16(19)20)9-11-5-7-21-13-4-2-1-3-12(11)13/h1-4,11,14H,5-10H2,(H,19,20)/t11-,14-/m0/s1. The molecule has 6 heteroatoms. The highest BCUT2D eigenvalue weighted by Gasteiger charge is 2.31. The molecule has 1 aromatic rings. The van der Waals surface area contributed by atoms with Crippen LogP contribution in [0.25, 0.3) is 0 Å². The molecule has 0 spiro atoms. The first-order valence-corrected chi connectivity index (χ1v) is 7.49. The van der Waals surface area contributed by atoms with Crippen LogP contribution >= 0.6 is 0 Å². The van der Waals surface area contributed by atoms with Gasteiger partial charge in [-0.05, 0) is 24.0 Å². The van der Waals surface area contributed by atoms with Crippen LogP contribution < -0.4 is 4.74 Å². The fourth-order valence-electron chi connectivity index (χ4n) is 2.99. The molecule has 22 heavy (non-hydrogen) atoms. The number of hydrogen-bond acceptors (Lipinski definition) is 4. The van der Waals surface area contributed by atoms with Crippen LogP contribution in [0, 0.1) is 0 Å². The van der Waals surface area contributed by atoms with Crippen LogP contribution in [0.2, 0.25) is 0 Å². The number of carboxylic acid groups (broad SMARTS) is 1. The molecule has 0 radical (unpaired) electrons. The van der Waals surface area contributed by atoms with Crippen LogP contribution in [-0.2, 0) is 14.3 Å². The first-order chi connectivity index (χ1) is 10.6. The number of morpholine rings is 1. The zero-order valence-corrected chi connectivity index (χ0v) is 12.2. The van der Waals surface area contributed by atoms with Gasteiger partial charge in [0.2, 0.25) is 5.91 Å². The molecule has 1 N–H and O–H groups in total. The van der Waals surface area contributed by atoms with E-state index in [2.05, 4.69) is 0 Å². The number of rotatable bonds is 3. The van der Waals surface area contributed by atoms with Crippen molar-refractivity contribution in [2.24, 2.45) is 0 Å². The molecule has 2 atom stereocenters. The van der Waals surface area contributed by atoms with Crippen molar-refractivity contribution in [1.82, 2.24) is 4.90 Å². The highest BCUT2D eigenvalue weighted by molar-refractivity contribution is 5.79. The lowest BCUT2D eigenvalue weighted by atomic mass is 9.90. The average Bonchev–Trinajstić information content (AvgIpc) is 2.55. The lowest BCUT2D eigenvalue weighted by Gasteiger charge is -2.33. The molecule has 3 rings (SSSR count). The lowest BCUT2D eigenvalue weighted by Crippen LogP contribution is -2.48. The molecule has 1 saturated heterocycles. The molecule has 1 amide bonds. The number of carboxylic acids is 1. The summed E-state index contributed by atoms with van der Waals surface area (Å²) in [4.78, 5) is 25.1. The van der Waals surface area contributed by atoms with Crippen molar-refractivity contribution in [3.8, 4) is 5.75 Å². The second-order valence-electron chi connectivity index (χ2n) is 5.61. The number of carbonyl (C=O) groups is 2. The Kier molecular flexibility index (Phi) is 4.29. The molecule has 1 aromatic carbocycles.